The Bertz CT molecular complexity index is 2780. The molecule has 5 aromatic rings. The number of hydrogen-bond donors (Lipinski definition) is 4. The number of amides is 3. The van der Waals surface area contributed by atoms with Gasteiger partial charge in [0.05, 0.1) is 47.1 Å². The number of methoxy groups -OCH3 is 1. The number of aryl methyl sites for hydroxylation is 1. The van der Waals surface area contributed by atoms with E-state index in [1.807, 2.05) is 36.4 Å². The lowest BCUT2D eigenvalue weighted by Crippen LogP contribution is -2.57. The van der Waals surface area contributed by atoms with Gasteiger partial charge in [-0.25, -0.2) is 13.8 Å². The van der Waals surface area contributed by atoms with Crippen LogP contribution in [0.1, 0.15) is 49.7 Å². The van der Waals surface area contributed by atoms with Crippen molar-refractivity contribution in [2.75, 3.05) is 87.1 Å². The minimum Gasteiger partial charge on any atom is -0.494 e. The molecule has 3 saturated heterocycles. The maximum absolute atomic E-state index is 15.3. The Morgan fingerprint density at radius 2 is 1.65 bits per heavy atom. The second kappa shape index (κ2) is 20.0. The lowest BCUT2D eigenvalue weighted by atomic mass is 9.89. The number of pyridine rings is 1. The number of hydrogen-bond acceptors (Lipinski definition) is 13. The molecule has 0 spiro atoms. The Morgan fingerprint density at radius 1 is 0.941 bits per heavy atom. The van der Waals surface area contributed by atoms with Crippen LogP contribution < -0.4 is 36.2 Å². The third-order valence-electron chi connectivity index (χ3n) is 12.7. The number of fused-ring (bicyclic) bond motifs is 1. The third-order valence-corrected chi connectivity index (χ3v) is 14.9. The lowest BCUT2D eigenvalue weighted by molar-refractivity contribution is -0.157. The molecule has 0 bridgehead atoms. The van der Waals surface area contributed by atoms with Gasteiger partial charge in [0.25, 0.3) is 5.91 Å². The van der Waals surface area contributed by atoms with Crippen molar-refractivity contribution >= 4 is 91.5 Å². The normalized spacial score (nSPS) is 17.6. The molecule has 5 heterocycles. The van der Waals surface area contributed by atoms with Gasteiger partial charge >= 0.3 is 5.92 Å². The zero-order chi connectivity index (χ0) is 48.5. The summed E-state index contributed by atoms with van der Waals surface area (Å²) >= 11 is 3.56. The molecule has 3 amide bonds. The highest BCUT2D eigenvalue weighted by atomic mass is 79.9. The number of carbonyl (C=O) groups excluding carboxylic acids is 3. The molecular formula is C47H52BrF4N10O5P. The highest BCUT2D eigenvalue weighted by Crippen LogP contribution is 2.42. The predicted molar refractivity (Wildman–Crippen MR) is 258 cm³/mol. The number of halogens is 5. The molecule has 3 aliphatic heterocycles. The van der Waals surface area contributed by atoms with Crippen molar-refractivity contribution in [3.8, 4) is 5.75 Å². The molecule has 68 heavy (non-hydrogen) atoms. The molecule has 8 rings (SSSR count). The number of carbonyl (C=O) groups is 3. The molecule has 0 saturated carbocycles. The summed E-state index contributed by atoms with van der Waals surface area (Å²) in [5.74, 6) is -8.73. The Morgan fingerprint density at radius 3 is 2.31 bits per heavy atom. The quantitative estimate of drug-likeness (QED) is 0.0484. The molecule has 3 aromatic carbocycles. The van der Waals surface area contributed by atoms with Crippen LogP contribution in [0, 0.1) is 11.6 Å². The molecule has 15 nitrogen and oxygen atoms in total. The summed E-state index contributed by atoms with van der Waals surface area (Å²) in [6.45, 7) is 6.87. The Balaban J connectivity index is 0.860. The average molecular weight is 1020 g/mol. The van der Waals surface area contributed by atoms with Crippen LogP contribution in [-0.4, -0.2) is 121 Å². The van der Waals surface area contributed by atoms with Gasteiger partial charge in [-0.15, -0.1) is 0 Å². The summed E-state index contributed by atoms with van der Waals surface area (Å²) in [7, 11) is -1.16. The maximum atomic E-state index is 15.3. The van der Waals surface area contributed by atoms with E-state index in [0.717, 1.165) is 71.5 Å². The van der Waals surface area contributed by atoms with Gasteiger partial charge in [0.15, 0.2) is 0 Å². The van der Waals surface area contributed by atoms with Crippen LogP contribution in [0.4, 0.5) is 52.1 Å². The molecule has 3 fully saturated rings. The molecule has 0 aliphatic carbocycles. The summed E-state index contributed by atoms with van der Waals surface area (Å²) in [6, 6.07) is 13.4. The number of piperazine rings is 1. The fourth-order valence-electron chi connectivity index (χ4n) is 9.29. The summed E-state index contributed by atoms with van der Waals surface area (Å²) in [5, 5.41) is 12.5. The predicted octanol–water partition coefficient (Wildman–Crippen LogP) is 7.75. The van der Waals surface area contributed by atoms with Gasteiger partial charge < -0.3 is 35.1 Å². The van der Waals surface area contributed by atoms with Gasteiger partial charge in [-0.2, -0.15) is 13.8 Å². The van der Waals surface area contributed by atoms with Gasteiger partial charge in [-0.1, -0.05) is 25.1 Å². The molecule has 0 radical (unpaired) electrons. The Labute approximate surface area is 399 Å². The number of anilines is 6. The van der Waals surface area contributed by atoms with E-state index >= 15 is 8.78 Å². The number of para-hydroxylation sites is 1. The lowest BCUT2D eigenvalue weighted by Gasteiger charge is -2.44. The fraction of sp³-hybridized carbons (Fsp3) is 0.404. The van der Waals surface area contributed by atoms with Crippen molar-refractivity contribution in [2.24, 2.45) is 0 Å². The zero-order valence-electron chi connectivity index (χ0n) is 38.0. The van der Waals surface area contributed by atoms with Crippen LogP contribution in [0.2, 0.25) is 0 Å². The van der Waals surface area contributed by atoms with Crippen LogP contribution in [0.5, 0.6) is 5.75 Å². The third kappa shape index (κ3) is 10.4. The Hall–Kier alpha value is -5.85. The average Bonchev–Trinajstić information content (AvgIpc) is 3.31. The highest BCUT2D eigenvalue weighted by molar-refractivity contribution is 9.10. The molecule has 2 aromatic heterocycles. The second-order valence-corrected chi connectivity index (χ2v) is 21.5. The van der Waals surface area contributed by atoms with Crippen molar-refractivity contribution in [1.29, 1.82) is 0 Å². The van der Waals surface area contributed by atoms with Crippen molar-refractivity contribution < 1.29 is 41.2 Å². The maximum Gasteiger partial charge on any atom is 0.341 e. The largest absolute Gasteiger partial charge is 0.494 e. The standard InChI is InChI=1S/C47H52BrF4N10O5P/c1-5-27-20-36(57-46-54-24-32(48)43(59-46)56-37-25-53-35-9-7-6-8-30(35)42(37)68(3,4)66)39(67-2)23-38(27)61-14-12-29(13-15-61)60-16-18-62(19-17-60)45(65)47(51,52)26-55-28-21-33(49)41(34(50)22-28)31-10-11-40(63)58-44(31)64/h6-9,20-25,29,31,55H,5,10-19,26H2,1-4H3,(H,58,63,64)(H2,54,56,57,59). The van der Waals surface area contributed by atoms with Crippen molar-refractivity contribution in [3.05, 3.63) is 88.2 Å². The molecular weight excluding hydrogens is 971 g/mol. The minimum atomic E-state index is -3.87. The molecule has 1 atom stereocenters. The zero-order valence-corrected chi connectivity index (χ0v) is 40.5. The van der Waals surface area contributed by atoms with E-state index in [4.69, 9.17) is 9.72 Å². The molecule has 4 N–H and O–H groups in total. The number of ether oxygens (including phenoxy) is 1. The minimum absolute atomic E-state index is 0.0835. The first kappa shape index (κ1) is 48.6. The van der Waals surface area contributed by atoms with Gasteiger partial charge in [0.1, 0.15) is 30.3 Å². The monoisotopic (exact) mass is 1020 g/mol. The van der Waals surface area contributed by atoms with Crippen molar-refractivity contribution in [2.45, 2.75) is 56.9 Å². The SMILES string of the molecule is CCc1cc(Nc2ncc(Br)c(Nc3cnc4ccccc4c3P(C)(C)=O)n2)c(OC)cc1N1CCC(N2CCN(C(=O)C(F)(F)CNc3cc(F)c(C4CCC(=O)NC4=O)c(F)c3)CC2)CC1. The topological polar surface area (TPSA) is 174 Å². The van der Waals surface area contributed by atoms with E-state index in [1.54, 1.807) is 32.8 Å². The van der Waals surface area contributed by atoms with E-state index in [0.29, 0.717) is 51.8 Å². The number of benzene rings is 3. The summed E-state index contributed by atoms with van der Waals surface area (Å²) < 4.78 is 80.5. The number of alkyl halides is 2. The van der Waals surface area contributed by atoms with Crippen molar-refractivity contribution in [3.63, 3.8) is 0 Å². The number of piperidine rings is 2. The smallest absolute Gasteiger partial charge is 0.341 e. The second-order valence-electron chi connectivity index (χ2n) is 17.5. The first-order valence-electron chi connectivity index (χ1n) is 22.4. The van der Waals surface area contributed by atoms with Gasteiger partial charge in [-0.3, -0.25) is 29.6 Å². The van der Waals surface area contributed by atoms with Crippen LogP contribution in [0.3, 0.4) is 0 Å². The number of nitrogens with one attached hydrogen (secondary N) is 4. The van der Waals surface area contributed by atoms with Gasteiger partial charge in [0.2, 0.25) is 17.8 Å². The molecule has 21 heteroatoms. The van der Waals surface area contributed by atoms with Gasteiger partial charge in [-0.05, 0) is 84.8 Å². The Kier molecular flexibility index (Phi) is 14.3. The first-order chi connectivity index (χ1) is 32.4. The van der Waals surface area contributed by atoms with Crippen LogP contribution in [0.15, 0.2) is 65.4 Å². The van der Waals surface area contributed by atoms with Crippen LogP contribution in [0.25, 0.3) is 10.9 Å². The number of aromatic nitrogens is 3. The number of imide groups is 1. The van der Waals surface area contributed by atoms with Gasteiger partial charge in [0, 0.05) is 91.6 Å². The summed E-state index contributed by atoms with van der Waals surface area (Å²) in [6.07, 6.45) is 5.49. The molecule has 3 aliphatic rings. The summed E-state index contributed by atoms with van der Waals surface area (Å²) in [4.78, 5) is 56.3. The number of rotatable bonds is 14. The fourth-order valence-corrected chi connectivity index (χ4v) is 11.0. The van der Waals surface area contributed by atoms with E-state index in [-0.39, 0.29) is 37.7 Å². The molecule has 1 unspecified atom stereocenters. The number of nitrogens with zero attached hydrogens (tertiary/aromatic N) is 6. The van der Waals surface area contributed by atoms with E-state index in [2.05, 4.69) is 63.9 Å². The molecule has 360 valence electrons. The van der Waals surface area contributed by atoms with E-state index < -0.39 is 60.4 Å². The van der Waals surface area contributed by atoms with Crippen molar-refractivity contribution in [1.82, 2.24) is 30.1 Å². The highest BCUT2D eigenvalue weighted by Gasteiger charge is 2.43. The van der Waals surface area contributed by atoms with E-state index in [1.165, 1.54) is 0 Å². The first-order valence-corrected chi connectivity index (χ1v) is 25.8. The summed E-state index contributed by atoms with van der Waals surface area (Å²) in [5.41, 5.74) is 3.26. The van der Waals surface area contributed by atoms with Crippen LogP contribution >= 0.6 is 23.1 Å². The van der Waals surface area contributed by atoms with E-state index in [9.17, 15) is 27.7 Å². The van der Waals surface area contributed by atoms with Crippen LogP contribution in [-0.2, 0) is 25.4 Å².